The van der Waals surface area contributed by atoms with Gasteiger partial charge < -0.3 is 10.1 Å². The van der Waals surface area contributed by atoms with Crippen LogP contribution in [-0.2, 0) is 4.79 Å². The maximum Gasteiger partial charge on any atom is 0.471 e. The smallest absolute Gasteiger partial charge is 0.439 e. The largest absolute Gasteiger partial charge is 0.471 e. The van der Waals surface area contributed by atoms with E-state index in [-0.39, 0.29) is 28.0 Å². The molecule has 0 unspecified atom stereocenters. The van der Waals surface area contributed by atoms with E-state index in [9.17, 15) is 28.1 Å². The van der Waals surface area contributed by atoms with Crippen LogP contribution in [0, 0.1) is 10.1 Å². The molecule has 0 radical (unpaired) electrons. The highest BCUT2D eigenvalue weighted by Gasteiger charge is 2.39. The van der Waals surface area contributed by atoms with E-state index in [4.69, 9.17) is 16.3 Å². The van der Waals surface area contributed by atoms with Crippen molar-refractivity contribution >= 4 is 28.9 Å². The van der Waals surface area contributed by atoms with Crippen molar-refractivity contribution in [3.63, 3.8) is 0 Å². The fourth-order valence-corrected chi connectivity index (χ4v) is 1.68. The quantitative estimate of drug-likeness (QED) is 0.657. The first-order chi connectivity index (χ1) is 11.2. The van der Waals surface area contributed by atoms with E-state index in [0.717, 1.165) is 18.3 Å². The SMILES string of the molecule is O=C(Nc1cc(Oc2ccc([N+](=O)[O-])cn2)ccc1Cl)C(F)(F)F. The summed E-state index contributed by atoms with van der Waals surface area (Å²) in [5, 5.41) is 12.0. The summed E-state index contributed by atoms with van der Waals surface area (Å²) in [4.78, 5) is 24.5. The Labute approximate surface area is 137 Å². The standard InChI is InChI=1S/C13H7ClF3N3O4/c14-9-3-2-8(5-10(9)19-12(21)13(15,16)17)24-11-4-1-7(6-18-11)20(22)23/h1-6H,(H,19,21). The van der Waals surface area contributed by atoms with Crippen molar-refractivity contribution in [1.82, 2.24) is 4.98 Å². The van der Waals surface area contributed by atoms with E-state index in [2.05, 4.69) is 4.98 Å². The van der Waals surface area contributed by atoms with Gasteiger partial charge in [-0.1, -0.05) is 11.6 Å². The number of amides is 1. The fourth-order valence-electron chi connectivity index (χ4n) is 1.52. The Morgan fingerprint density at radius 2 is 2.00 bits per heavy atom. The van der Waals surface area contributed by atoms with Crippen LogP contribution in [0.5, 0.6) is 11.6 Å². The minimum atomic E-state index is -5.07. The molecule has 0 atom stereocenters. The van der Waals surface area contributed by atoms with Gasteiger partial charge in [-0.2, -0.15) is 13.2 Å². The zero-order valence-corrected chi connectivity index (χ0v) is 12.3. The van der Waals surface area contributed by atoms with Gasteiger partial charge in [0, 0.05) is 18.2 Å². The molecule has 126 valence electrons. The second-order valence-corrected chi connectivity index (χ2v) is 4.71. The van der Waals surface area contributed by atoms with Crippen molar-refractivity contribution in [2.24, 2.45) is 0 Å². The van der Waals surface area contributed by atoms with Gasteiger partial charge in [0.15, 0.2) is 0 Å². The van der Waals surface area contributed by atoms with Gasteiger partial charge in [0.05, 0.1) is 15.6 Å². The number of anilines is 1. The Hall–Kier alpha value is -2.88. The van der Waals surface area contributed by atoms with Crippen molar-refractivity contribution in [2.75, 3.05) is 5.32 Å². The molecule has 0 aliphatic carbocycles. The normalized spacial score (nSPS) is 11.0. The fraction of sp³-hybridized carbons (Fsp3) is 0.0769. The maximum absolute atomic E-state index is 12.3. The number of ether oxygens (including phenoxy) is 1. The molecule has 0 saturated heterocycles. The van der Waals surface area contributed by atoms with Crippen molar-refractivity contribution in [1.29, 1.82) is 0 Å². The molecule has 1 amide bonds. The summed E-state index contributed by atoms with van der Waals surface area (Å²) in [6, 6.07) is 5.96. The van der Waals surface area contributed by atoms with Crippen molar-refractivity contribution < 1.29 is 27.6 Å². The first-order valence-electron chi connectivity index (χ1n) is 6.13. The molecule has 7 nitrogen and oxygen atoms in total. The number of halogens is 4. The molecule has 0 aliphatic heterocycles. The molecule has 1 N–H and O–H groups in total. The number of alkyl halides is 3. The zero-order valence-electron chi connectivity index (χ0n) is 11.5. The first-order valence-corrected chi connectivity index (χ1v) is 6.50. The topological polar surface area (TPSA) is 94.4 Å². The Kier molecular flexibility index (Phi) is 4.88. The summed E-state index contributed by atoms with van der Waals surface area (Å²) in [6.07, 6.45) is -4.11. The lowest BCUT2D eigenvalue weighted by Crippen LogP contribution is -2.30. The first kappa shape index (κ1) is 17.5. The van der Waals surface area contributed by atoms with Crippen LogP contribution >= 0.6 is 11.6 Å². The lowest BCUT2D eigenvalue weighted by atomic mass is 10.3. The van der Waals surface area contributed by atoms with Crippen molar-refractivity contribution in [3.05, 3.63) is 51.7 Å². The number of aromatic nitrogens is 1. The third-order valence-corrected chi connectivity index (χ3v) is 2.93. The second-order valence-electron chi connectivity index (χ2n) is 4.31. The number of nitro groups is 1. The predicted octanol–water partition coefficient (Wildman–Crippen LogP) is 3.94. The highest BCUT2D eigenvalue weighted by Crippen LogP contribution is 2.30. The molecule has 11 heteroatoms. The summed E-state index contributed by atoms with van der Waals surface area (Å²) < 4.78 is 42.0. The number of carbonyl (C=O) groups is 1. The Morgan fingerprint density at radius 3 is 2.54 bits per heavy atom. The van der Waals surface area contributed by atoms with Gasteiger partial charge in [-0.15, -0.1) is 0 Å². The van der Waals surface area contributed by atoms with Gasteiger partial charge in [-0.3, -0.25) is 14.9 Å². The maximum atomic E-state index is 12.3. The van der Waals surface area contributed by atoms with Gasteiger partial charge in [0.2, 0.25) is 5.88 Å². The van der Waals surface area contributed by atoms with Crippen LogP contribution in [0.4, 0.5) is 24.5 Å². The average molecular weight is 362 g/mol. The summed E-state index contributed by atoms with van der Waals surface area (Å²) in [6.45, 7) is 0. The number of hydrogen-bond donors (Lipinski definition) is 1. The van der Waals surface area contributed by atoms with E-state index >= 15 is 0 Å². The number of pyridine rings is 1. The summed E-state index contributed by atoms with van der Waals surface area (Å²) in [5.74, 6) is -2.19. The molecule has 1 aromatic carbocycles. The van der Waals surface area contributed by atoms with Crippen LogP contribution in [-0.4, -0.2) is 22.0 Å². The summed E-state index contributed by atoms with van der Waals surface area (Å²) >= 11 is 5.72. The minimum Gasteiger partial charge on any atom is -0.439 e. The molecule has 0 bridgehead atoms. The third-order valence-electron chi connectivity index (χ3n) is 2.60. The molecular weight excluding hydrogens is 355 g/mol. The van der Waals surface area contributed by atoms with Crippen LogP contribution in [0.2, 0.25) is 5.02 Å². The van der Waals surface area contributed by atoms with Gasteiger partial charge in [-0.25, -0.2) is 4.98 Å². The van der Waals surface area contributed by atoms with E-state index in [1.165, 1.54) is 18.2 Å². The predicted molar refractivity (Wildman–Crippen MR) is 77.1 cm³/mol. The summed E-state index contributed by atoms with van der Waals surface area (Å²) in [7, 11) is 0. The van der Waals surface area contributed by atoms with Crippen LogP contribution < -0.4 is 10.1 Å². The monoisotopic (exact) mass is 361 g/mol. The van der Waals surface area contributed by atoms with E-state index < -0.39 is 17.0 Å². The van der Waals surface area contributed by atoms with Gasteiger partial charge in [0.1, 0.15) is 11.9 Å². The molecule has 0 fully saturated rings. The van der Waals surface area contributed by atoms with E-state index in [0.29, 0.717) is 0 Å². The van der Waals surface area contributed by atoms with Crippen LogP contribution in [0.3, 0.4) is 0 Å². The van der Waals surface area contributed by atoms with E-state index in [1.807, 2.05) is 0 Å². The molecule has 1 aromatic heterocycles. The minimum absolute atomic E-state index is 0.0261. The lowest BCUT2D eigenvalue weighted by molar-refractivity contribution is -0.385. The number of rotatable bonds is 4. The van der Waals surface area contributed by atoms with Gasteiger partial charge >= 0.3 is 12.1 Å². The second kappa shape index (κ2) is 6.71. The van der Waals surface area contributed by atoms with Gasteiger partial charge in [0.25, 0.3) is 5.69 Å². The van der Waals surface area contributed by atoms with Crippen molar-refractivity contribution in [2.45, 2.75) is 6.18 Å². The molecule has 2 aromatic rings. The molecule has 0 aliphatic rings. The van der Waals surface area contributed by atoms with Crippen molar-refractivity contribution in [3.8, 4) is 11.6 Å². The molecule has 2 rings (SSSR count). The zero-order chi connectivity index (χ0) is 17.9. The average Bonchev–Trinajstić information content (AvgIpc) is 2.50. The van der Waals surface area contributed by atoms with Crippen LogP contribution in [0.25, 0.3) is 0 Å². The Bertz CT molecular complexity index is 781. The van der Waals surface area contributed by atoms with Crippen LogP contribution in [0.15, 0.2) is 36.5 Å². The summed E-state index contributed by atoms with van der Waals surface area (Å²) in [5.41, 5.74) is -0.560. The highest BCUT2D eigenvalue weighted by atomic mass is 35.5. The van der Waals surface area contributed by atoms with Gasteiger partial charge in [-0.05, 0) is 12.1 Å². The number of nitrogens with one attached hydrogen (secondary N) is 1. The number of nitrogens with zero attached hydrogens (tertiary/aromatic N) is 2. The molecule has 24 heavy (non-hydrogen) atoms. The Morgan fingerprint density at radius 1 is 1.29 bits per heavy atom. The highest BCUT2D eigenvalue weighted by molar-refractivity contribution is 6.33. The molecular formula is C13H7ClF3N3O4. The molecule has 0 saturated carbocycles. The number of hydrogen-bond acceptors (Lipinski definition) is 5. The lowest BCUT2D eigenvalue weighted by Gasteiger charge is -2.11. The number of benzene rings is 1. The third kappa shape index (κ3) is 4.32. The molecule has 1 heterocycles. The molecule has 0 spiro atoms. The van der Waals surface area contributed by atoms with E-state index in [1.54, 1.807) is 5.32 Å². The van der Waals surface area contributed by atoms with Crippen LogP contribution in [0.1, 0.15) is 0 Å². The Balaban J connectivity index is 2.18. The number of carbonyl (C=O) groups excluding carboxylic acids is 1.